The number of aromatic nitrogens is 2. The predicted molar refractivity (Wildman–Crippen MR) is 101 cm³/mol. The van der Waals surface area contributed by atoms with Crippen molar-refractivity contribution in [1.82, 2.24) is 9.97 Å². The number of rotatable bonds is 4. The number of halogens is 1. The Kier molecular flexibility index (Phi) is 4.95. The molecular weight excluding hydrogens is 336 g/mol. The second-order valence-corrected chi connectivity index (χ2v) is 6.14. The van der Waals surface area contributed by atoms with Crippen LogP contribution in [0.15, 0.2) is 54.9 Å². The summed E-state index contributed by atoms with van der Waals surface area (Å²) in [5, 5.41) is 6.53. The Hall–Kier alpha value is -2.92. The molecule has 3 rings (SSSR count). The van der Waals surface area contributed by atoms with Gasteiger partial charge in [-0.05, 0) is 43.7 Å². The normalized spacial score (nSPS) is 10.4. The fourth-order valence-corrected chi connectivity index (χ4v) is 2.54. The highest BCUT2D eigenvalue weighted by Crippen LogP contribution is 2.19. The number of anilines is 3. The molecule has 1 amide bonds. The average Bonchev–Trinajstić information content (AvgIpc) is 2.58. The molecular formula is C19H17ClN4O. The molecule has 126 valence electrons. The molecule has 0 aliphatic rings. The molecule has 2 aromatic carbocycles. The van der Waals surface area contributed by atoms with Crippen LogP contribution in [0.4, 0.5) is 17.3 Å². The SMILES string of the molecule is Cc1ccc(NC(=O)c2cnc(Nc3cccc(Cl)c3)nc2)c(C)c1. The molecule has 5 nitrogen and oxygen atoms in total. The van der Waals surface area contributed by atoms with E-state index in [0.29, 0.717) is 16.5 Å². The van der Waals surface area contributed by atoms with Crippen LogP contribution in [0.5, 0.6) is 0 Å². The Morgan fingerprint density at radius 1 is 1.04 bits per heavy atom. The molecule has 0 aliphatic heterocycles. The van der Waals surface area contributed by atoms with Crippen LogP contribution in [0.3, 0.4) is 0 Å². The van der Waals surface area contributed by atoms with Crippen molar-refractivity contribution >= 4 is 34.8 Å². The molecule has 6 heteroatoms. The smallest absolute Gasteiger partial charge is 0.258 e. The van der Waals surface area contributed by atoms with Crippen molar-refractivity contribution < 1.29 is 4.79 Å². The lowest BCUT2D eigenvalue weighted by Crippen LogP contribution is -2.14. The zero-order chi connectivity index (χ0) is 17.8. The Morgan fingerprint density at radius 3 is 2.48 bits per heavy atom. The van der Waals surface area contributed by atoms with Gasteiger partial charge >= 0.3 is 0 Å². The quantitative estimate of drug-likeness (QED) is 0.711. The van der Waals surface area contributed by atoms with Gasteiger partial charge in [-0.15, -0.1) is 0 Å². The second-order valence-electron chi connectivity index (χ2n) is 5.70. The minimum Gasteiger partial charge on any atom is -0.324 e. The van der Waals surface area contributed by atoms with Gasteiger partial charge in [0.1, 0.15) is 0 Å². The van der Waals surface area contributed by atoms with Crippen molar-refractivity contribution in [2.75, 3.05) is 10.6 Å². The summed E-state index contributed by atoms with van der Waals surface area (Å²) >= 11 is 5.94. The highest BCUT2D eigenvalue weighted by Gasteiger charge is 2.09. The van der Waals surface area contributed by atoms with Crippen LogP contribution >= 0.6 is 11.6 Å². The first kappa shape index (κ1) is 16.9. The van der Waals surface area contributed by atoms with E-state index in [-0.39, 0.29) is 5.91 Å². The topological polar surface area (TPSA) is 66.9 Å². The first-order chi connectivity index (χ1) is 12.0. The lowest BCUT2D eigenvalue weighted by molar-refractivity contribution is 0.102. The molecule has 0 aliphatic carbocycles. The second kappa shape index (κ2) is 7.32. The van der Waals surface area contributed by atoms with Gasteiger partial charge in [-0.2, -0.15) is 0 Å². The van der Waals surface area contributed by atoms with Crippen molar-refractivity contribution in [2.24, 2.45) is 0 Å². The molecule has 0 saturated carbocycles. The Bertz CT molecular complexity index is 910. The average molecular weight is 353 g/mol. The Morgan fingerprint density at radius 2 is 1.80 bits per heavy atom. The minimum absolute atomic E-state index is 0.249. The van der Waals surface area contributed by atoms with E-state index < -0.39 is 0 Å². The molecule has 25 heavy (non-hydrogen) atoms. The van der Waals surface area contributed by atoms with E-state index in [1.165, 1.54) is 12.4 Å². The van der Waals surface area contributed by atoms with Gasteiger partial charge < -0.3 is 10.6 Å². The van der Waals surface area contributed by atoms with Crippen molar-refractivity contribution in [3.05, 3.63) is 76.6 Å². The molecule has 0 saturated heterocycles. The summed E-state index contributed by atoms with van der Waals surface area (Å²) in [6, 6.07) is 13.1. The maximum absolute atomic E-state index is 12.3. The van der Waals surface area contributed by atoms with Crippen LogP contribution in [-0.2, 0) is 0 Å². The lowest BCUT2D eigenvalue weighted by Gasteiger charge is -2.09. The number of nitrogens with one attached hydrogen (secondary N) is 2. The molecule has 0 spiro atoms. The van der Waals surface area contributed by atoms with Crippen LogP contribution < -0.4 is 10.6 Å². The van der Waals surface area contributed by atoms with E-state index >= 15 is 0 Å². The van der Waals surface area contributed by atoms with Gasteiger partial charge in [0.05, 0.1) is 5.56 Å². The summed E-state index contributed by atoms with van der Waals surface area (Å²) in [4.78, 5) is 20.7. The summed E-state index contributed by atoms with van der Waals surface area (Å²) in [5.74, 6) is 0.145. The zero-order valence-electron chi connectivity index (χ0n) is 13.9. The van der Waals surface area contributed by atoms with Crippen molar-refractivity contribution in [3.63, 3.8) is 0 Å². The molecule has 0 unspecified atom stereocenters. The first-order valence-electron chi connectivity index (χ1n) is 7.74. The van der Waals surface area contributed by atoms with E-state index in [2.05, 4.69) is 20.6 Å². The van der Waals surface area contributed by atoms with E-state index in [4.69, 9.17) is 11.6 Å². The fraction of sp³-hybridized carbons (Fsp3) is 0.105. The summed E-state index contributed by atoms with van der Waals surface area (Å²) in [7, 11) is 0. The van der Waals surface area contributed by atoms with E-state index in [0.717, 1.165) is 22.5 Å². The van der Waals surface area contributed by atoms with Gasteiger partial charge in [-0.1, -0.05) is 35.4 Å². The Balaban J connectivity index is 1.70. The third-order valence-electron chi connectivity index (χ3n) is 3.62. The molecule has 0 bridgehead atoms. The number of carbonyl (C=O) groups is 1. The zero-order valence-corrected chi connectivity index (χ0v) is 14.6. The molecule has 1 heterocycles. The fourth-order valence-electron chi connectivity index (χ4n) is 2.35. The van der Waals surface area contributed by atoms with Crippen molar-refractivity contribution in [2.45, 2.75) is 13.8 Å². The molecule has 0 radical (unpaired) electrons. The monoisotopic (exact) mass is 352 g/mol. The van der Waals surface area contributed by atoms with Crippen LogP contribution in [0.25, 0.3) is 0 Å². The van der Waals surface area contributed by atoms with Crippen LogP contribution in [0.2, 0.25) is 5.02 Å². The van der Waals surface area contributed by atoms with E-state index in [1.54, 1.807) is 12.1 Å². The van der Waals surface area contributed by atoms with Crippen LogP contribution in [0, 0.1) is 13.8 Å². The largest absolute Gasteiger partial charge is 0.324 e. The first-order valence-corrected chi connectivity index (χ1v) is 8.12. The van der Waals surface area contributed by atoms with Crippen LogP contribution in [-0.4, -0.2) is 15.9 Å². The third-order valence-corrected chi connectivity index (χ3v) is 3.86. The number of hydrogen-bond donors (Lipinski definition) is 2. The lowest BCUT2D eigenvalue weighted by atomic mass is 10.1. The molecule has 3 aromatic rings. The van der Waals surface area contributed by atoms with Gasteiger partial charge in [-0.25, -0.2) is 9.97 Å². The molecule has 1 aromatic heterocycles. The Labute approximate surface area is 151 Å². The maximum atomic E-state index is 12.3. The van der Waals surface area contributed by atoms with Gasteiger partial charge in [0.2, 0.25) is 5.95 Å². The van der Waals surface area contributed by atoms with E-state index in [9.17, 15) is 4.79 Å². The predicted octanol–water partition coefficient (Wildman–Crippen LogP) is 4.74. The highest BCUT2D eigenvalue weighted by atomic mass is 35.5. The minimum atomic E-state index is -0.249. The summed E-state index contributed by atoms with van der Waals surface area (Å²) < 4.78 is 0. The standard InChI is InChI=1S/C19H17ClN4O/c1-12-6-7-17(13(2)8-12)24-18(25)14-10-21-19(22-11-14)23-16-5-3-4-15(20)9-16/h3-11H,1-2H3,(H,24,25)(H,21,22,23). The molecule has 2 N–H and O–H groups in total. The van der Waals surface area contributed by atoms with Gasteiger partial charge in [-0.3, -0.25) is 4.79 Å². The highest BCUT2D eigenvalue weighted by molar-refractivity contribution is 6.30. The molecule has 0 fully saturated rings. The van der Waals surface area contributed by atoms with Gasteiger partial charge in [0.25, 0.3) is 5.91 Å². The van der Waals surface area contributed by atoms with E-state index in [1.807, 2.05) is 44.2 Å². The summed E-state index contributed by atoms with van der Waals surface area (Å²) in [6.07, 6.45) is 2.97. The van der Waals surface area contributed by atoms with Crippen molar-refractivity contribution in [3.8, 4) is 0 Å². The number of carbonyl (C=O) groups excluding carboxylic acids is 1. The van der Waals surface area contributed by atoms with Crippen LogP contribution in [0.1, 0.15) is 21.5 Å². The number of benzene rings is 2. The number of aryl methyl sites for hydroxylation is 2. The number of nitrogens with zero attached hydrogens (tertiary/aromatic N) is 2. The number of amides is 1. The maximum Gasteiger partial charge on any atom is 0.258 e. The van der Waals surface area contributed by atoms with Crippen molar-refractivity contribution in [1.29, 1.82) is 0 Å². The summed E-state index contributed by atoms with van der Waals surface area (Å²) in [5.41, 5.74) is 4.09. The number of hydrogen-bond acceptors (Lipinski definition) is 4. The third kappa shape index (κ3) is 4.33. The summed E-state index contributed by atoms with van der Waals surface area (Å²) in [6.45, 7) is 3.97. The molecule has 0 atom stereocenters. The van der Waals surface area contributed by atoms with Gasteiger partial charge in [0.15, 0.2) is 0 Å². The van der Waals surface area contributed by atoms with Gasteiger partial charge in [0, 0.05) is 28.8 Å².